The molecule has 1 aromatic heterocycles. The average Bonchev–Trinajstić information content (AvgIpc) is 2.68. The maximum absolute atomic E-state index is 9.20. The first kappa shape index (κ1) is 9.24. The van der Waals surface area contributed by atoms with Gasteiger partial charge in [0.15, 0.2) is 0 Å². The van der Waals surface area contributed by atoms with Gasteiger partial charge in [-0.05, 0) is 24.7 Å². The van der Waals surface area contributed by atoms with Crippen molar-refractivity contribution in [2.75, 3.05) is 13.7 Å². The average molecular weight is 190 g/mol. The van der Waals surface area contributed by atoms with Crippen molar-refractivity contribution in [1.82, 2.24) is 10.3 Å². The predicted molar refractivity (Wildman–Crippen MR) is 57.2 cm³/mol. The van der Waals surface area contributed by atoms with Gasteiger partial charge in [-0.2, -0.15) is 0 Å². The Hall–Kier alpha value is -1.32. The number of H-pyrrole nitrogens is 1. The van der Waals surface area contributed by atoms with Crippen molar-refractivity contribution < 1.29 is 5.11 Å². The van der Waals surface area contributed by atoms with Crippen LogP contribution in [0.4, 0.5) is 0 Å². The van der Waals surface area contributed by atoms with Gasteiger partial charge in [-0.25, -0.2) is 0 Å². The highest BCUT2D eigenvalue weighted by atomic mass is 16.3. The lowest BCUT2D eigenvalue weighted by Gasteiger charge is -2.14. The highest BCUT2D eigenvalue weighted by molar-refractivity contribution is 5.83. The summed E-state index contributed by atoms with van der Waals surface area (Å²) in [5.41, 5.74) is 2.24. The number of rotatable bonds is 3. The van der Waals surface area contributed by atoms with Crippen molar-refractivity contribution in [3.8, 4) is 0 Å². The molecule has 1 heterocycles. The molecule has 0 saturated carbocycles. The molecule has 0 aliphatic heterocycles. The third-order valence-electron chi connectivity index (χ3n) is 2.54. The van der Waals surface area contributed by atoms with Crippen molar-refractivity contribution in [2.45, 2.75) is 6.04 Å². The highest BCUT2D eigenvalue weighted by Crippen LogP contribution is 2.22. The van der Waals surface area contributed by atoms with E-state index in [9.17, 15) is 5.11 Å². The van der Waals surface area contributed by atoms with E-state index in [1.54, 1.807) is 0 Å². The van der Waals surface area contributed by atoms with Crippen LogP contribution < -0.4 is 5.32 Å². The van der Waals surface area contributed by atoms with Gasteiger partial charge in [0, 0.05) is 17.1 Å². The Kier molecular flexibility index (Phi) is 2.52. The minimum atomic E-state index is 0.00880. The summed E-state index contributed by atoms with van der Waals surface area (Å²) < 4.78 is 0. The Morgan fingerprint density at radius 1 is 1.43 bits per heavy atom. The lowest BCUT2D eigenvalue weighted by atomic mass is 10.0. The largest absolute Gasteiger partial charge is 0.394 e. The van der Waals surface area contributed by atoms with Crippen LogP contribution in [0.25, 0.3) is 10.9 Å². The van der Waals surface area contributed by atoms with Crippen LogP contribution >= 0.6 is 0 Å². The second-order valence-electron chi connectivity index (χ2n) is 3.31. The number of fused-ring (bicyclic) bond motifs is 1. The smallest absolute Gasteiger partial charge is 0.0626 e. The molecule has 0 amide bonds. The monoisotopic (exact) mass is 190 g/mol. The zero-order valence-corrected chi connectivity index (χ0v) is 8.12. The summed E-state index contributed by atoms with van der Waals surface area (Å²) in [4.78, 5) is 3.15. The van der Waals surface area contributed by atoms with Crippen molar-refractivity contribution in [3.63, 3.8) is 0 Å². The molecule has 0 fully saturated rings. The third kappa shape index (κ3) is 1.41. The fraction of sp³-hybridized carbons (Fsp3) is 0.273. The van der Waals surface area contributed by atoms with Gasteiger partial charge in [-0.1, -0.05) is 12.1 Å². The molecule has 0 radical (unpaired) electrons. The molecule has 1 aromatic carbocycles. The van der Waals surface area contributed by atoms with E-state index in [1.807, 2.05) is 37.5 Å². The number of aromatic amines is 1. The second kappa shape index (κ2) is 3.82. The number of hydrogen-bond acceptors (Lipinski definition) is 2. The summed E-state index contributed by atoms with van der Waals surface area (Å²) in [6.07, 6.45) is 1.91. The van der Waals surface area contributed by atoms with Gasteiger partial charge in [0.25, 0.3) is 0 Å². The maximum Gasteiger partial charge on any atom is 0.0626 e. The van der Waals surface area contributed by atoms with E-state index in [1.165, 1.54) is 5.39 Å². The molecule has 74 valence electrons. The molecule has 2 rings (SSSR count). The van der Waals surface area contributed by atoms with Crippen molar-refractivity contribution in [1.29, 1.82) is 0 Å². The van der Waals surface area contributed by atoms with E-state index in [2.05, 4.69) is 10.3 Å². The fourth-order valence-electron chi connectivity index (χ4n) is 1.76. The van der Waals surface area contributed by atoms with E-state index in [0.29, 0.717) is 0 Å². The lowest BCUT2D eigenvalue weighted by molar-refractivity contribution is 0.251. The minimum absolute atomic E-state index is 0.00880. The van der Waals surface area contributed by atoms with Crippen molar-refractivity contribution >= 4 is 10.9 Å². The van der Waals surface area contributed by atoms with Gasteiger partial charge in [-0.3, -0.25) is 0 Å². The number of aliphatic hydroxyl groups is 1. The second-order valence-corrected chi connectivity index (χ2v) is 3.31. The zero-order valence-electron chi connectivity index (χ0n) is 8.12. The zero-order chi connectivity index (χ0) is 9.97. The Morgan fingerprint density at radius 3 is 3.00 bits per heavy atom. The maximum atomic E-state index is 9.20. The molecule has 1 unspecified atom stereocenters. The minimum Gasteiger partial charge on any atom is -0.394 e. The van der Waals surface area contributed by atoms with Gasteiger partial charge in [0.2, 0.25) is 0 Å². The Bertz CT molecular complexity index is 418. The molecule has 0 saturated heterocycles. The van der Waals surface area contributed by atoms with Crippen LogP contribution in [0.5, 0.6) is 0 Å². The molecule has 3 heteroatoms. The summed E-state index contributed by atoms with van der Waals surface area (Å²) in [5, 5.41) is 13.5. The molecule has 2 aromatic rings. The highest BCUT2D eigenvalue weighted by Gasteiger charge is 2.10. The first-order chi connectivity index (χ1) is 6.86. The fourth-order valence-corrected chi connectivity index (χ4v) is 1.76. The molecule has 3 N–H and O–H groups in total. The topological polar surface area (TPSA) is 48.0 Å². The first-order valence-electron chi connectivity index (χ1n) is 4.71. The number of benzene rings is 1. The molecular weight excluding hydrogens is 176 g/mol. The van der Waals surface area contributed by atoms with Gasteiger partial charge in [0.05, 0.1) is 12.6 Å². The molecule has 0 aliphatic carbocycles. The van der Waals surface area contributed by atoms with Crippen LogP contribution in [-0.4, -0.2) is 23.7 Å². The van der Waals surface area contributed by atoms with Crippen LogP contribution in [0.15, 0.2) is 30.5 Å². The first-order valence-corrected chi connectivity index (χ1v) is 4.71. The van der Waals surface area contributed by atoms with Crippen molar-refractivity contribution in [2.24, 2.45) is 0 Å². The normalized spacial score (nSPS) is 13.3. The van der Waals surface area contributed by atoms with Gasteiger partial charge in [-0.15, -0.1) is 0 Å². The van der Waals surface area contributed by atoms with Crippen LogP contribution in [0.2, 0.25) is 0 Å². The standard InChI is InChI=1S/C11H14N2O/c1-12-11(7-14)8-3-2-4-10-9(8)5-6-13-10/h2-6,11-14H,7H2,1H3. The molecule has 1 atom stereocenters. The van der Waals surface area contributed by atoms with E-state index in [0.717, 1.165) is 11.1 Å². The van der Waals surface area contributed by atoms with Gasteiger partial charge >= 0.3 is 0 Å². The van der Waals surface area contributed by atoms with E-state index in [4.69, 9.17) is 0 Å². The van der Waals surface area contributed by atoms with Gasteiger partial charge < -0.3 is 15.4 Å². The lowest BCUT2D eigenvalue weighted by Crippen LogP contribution is -2.19. The summed E-state index contributed by atoms with van der Waals surface area (Å²) in [5.74, 6) is 0. The molecule has 3 nitrogen and oxygen atoms in total. The quantitative estimate of drug-likeness (QED) is 0.685. The molecular formula is C11H14N2O. The molecule has 0 bridgehead atoms. The van der Waals surface area contributed by atoms with E-state index < -0.39 is 0 Å². The van der Waals surface area contributed by atoms with Crippen LogP contribution in [0, 0.1) is 0 Å². The van der Waals surface area contributed by atoms with E-state index in [-0.39, 0.29) is 12.6 Å². The molecule has 0 aliphatic rings. The number of hydrogen-bond donors (Lipinski definition) is 3. The Labute approximate surface area is 82.8 Å². The third-order valence-corrected chi connectivity index (χ3v) is 2.54. The SMILES string of the molecule is CNC(CO)c1cccc2[nH]ccc12. The van der Waals surface area contributed by atoms with Crippen molar-refractivity contribution in [3.05, 3.63) is 36.0 Å². The Morgan fingerprint density at radius 2 is 2.29 bits per heavy atom. The van der Waals surface area contributed by atoms with Gasteiger partial charge in [0.1, 0.15) is 0 Å². The number of aliphatic hydroxyl groups excluding tert-OH is 1. The summed E-state index contributed by atoms with van der Waals surface area (Å²) in [7, 11) is 1.85. The Balaban J connectivity index is 2.54. The molecule has 0 spiro atoms. The summed E-state index contributed by atoms with van der Waals surface area (Å²) >= 11 is 0. The predicted octanol–water partition coefficient (Wildman–Crippen LogP) is 1.42. The number of likely N-dealkylation sites (N-methyl/N-ethyl adjacent to an activating group) is 1. The number of nitrogens with one attached hydrogen (secondary N) is 2. The van der Waals surface area contributed by atoms with E-state index >= 15 is 0 Å². The number of aromatic nitrogens is 1. The van der Waals surface area contributed by atoms with Crippen LogP contribution in [0.1, 0.15) is 11.6 Å². The molecule has 14 heavy (non-hydrogen) atoms. The van der Waals surface area contributed by atoms with Crippen LogP contribution in [-0.2, 0) is 0 Å². The summed E-state index contributed by atoms with van der Waals surface area (Å²) in [6, 6.07) is 8.10. The van der Waals surface area contributed by atoms with Crippen LogP contribution in [0.3, 0.4) is 0 Å². The summed E-state index contributed by atoms with van der Waals surface area (Å²) in [6.45, 7) is 0.112.